The Labute approximate surface area is 171 Å². The maximum atomic E-state index is 6.42. The summed E-state index contributed by atoms with van der Waals surface area (Å²) in [7, 11) is 2.11. The van der Waals surface area contributed by atoms with Gasteiger partial charge < -0.3 is 4.42 Å². The molecular weight excluding hydrogens is 354 g/mol. The minimum Gasteiger partial charge on any atom is -0.455 e. The van der Waals surface area contributed by atoms with E-state index in [1.165, 1.54) is 44.3 Å². The summed E-state index contributed by atoms with van der Waals surface area (Å²) in [5.41, 5.74) is 10.4. The summed E-state index contributed by atoms with van der Waals surface area (Å²) < 4.78 is 8.63. The van der Waals surface area contributed by atoms with E-state index in [1.807, 2.05) is 0 Å². The van der Waals surface area contributed by atoms with E-state index in [0.29, 0.717) is 0 Å². The largest absolute Gasteiger partial charge is 0.455 e. The van der Waals surface area contributed by atoms with Crippen LogP contribution in [-0.4, -0.2) is 0 Å². The molecule has 142 valence electrons. The van der Waals surface area contributed by atoms with Crippen molar-refractivity contribution < 1.29 is 8.98 Å². The average molecular weight is 378 g/mol. The molecule has 0 saturated heterocycles. The quantitative estimate of drug-likeness (QED) is 0.314. The summed E-state index contributed by atoms with van der Waals surface area (Å²) in [6.45, 7) is 6.44. The van der Waals surface area contributed by atoms with Crippen LogP contribution in [0.1, 0.15) is 16.7 Å². The van der Waals surface area contributed by atoms with Crippen molar-refractivity contribution in [3.8, 4) is 22.4 Å². The molecule has 0 aliphatic rings. The van der Waals surface area contributed by atoms with Crippen molar-refractivity contribution in [3.05, 3.63) is 89.6 Å². The van der Waals surface area contributed by atoms with Crippen LogP contribution in [0.15, 0.2) is 77.3 Å². The Morgan fingerprint density at radius 1 is 0.621 bits per heavy atom. The Morgan fingerprint density at radius 2 is 1.28 bits per heavy atom. The molecule has 0 aliphatic carbocycles. The van der Waals surface area contributed by atoms with Gasteiger partial charge in [0.15, 0.2) is 6.20 Å². The number of aromatic nitrogens is 1. The first-order valence-corrected chi connectivity index (χ1v) is 10.0. The van der Waals surface area contributed by atoms with E-state index >= 15 is 0 Å². The maximum absolute atomic E-state index is 6.42. The lowest BCUT2D eigenvalue weighted by molar-refractivity contribution is -0.660. The number of fused-ring (bicyclic) bond motifs is 3. The molecule has 0 amide bonds. The number of benzene rings is 3. The highest BCUT2D eigenvalue weighted by Gasteiger charge is 2.19. The molecule has 3 aromatic carbocycles. The molecule has 2 nitrogen and oxygen atoms in total. The standard InChI is InChI=1S/C27H24NO/c1-17-9-5-6-11-20(17)25-15-24(19(3)16-28(25)4)23-14-8-13-22-21-12-7-10-18(2)26(21)29-27(22)23/h5-16H,1-4H3/q+1. The molecule has 29 heavy (non-hydrogen) atoms. The van der Waals surface area contributed by atoms with Crippen molar-refractivity contribution in [3.63, 3.8) is 0 Å². The molecule has 2 aromatic heterocycles. The van der Waals surface area contributed by atoms with Crippen LogP contribution in [-0.2, 0) is 7.05 Å². The Balaban J connectivity index is 1.82. The fourth-order valence-electron chi connectivity index (χ4n) is 4.37. The minimum absolute atomic E-state index is 0.962. The van der Waals surface area contributed by atoms with Gasteiger partial charge in [-0.1, -0.05) is 54.6 Å². The van der Waals surface area contributed by atoms with Gasteiger partial charge in [-0.3, -0.25) is 0 Å². The third-order valence-corrected chi connectivity index (χ3v) is 5.91. The number of pyridine rings is 1. The summed E-state index contributed by atoms with van der Waals surface area (Å²) in [5, 5.41) is 2.35. The second-order valence-corrected chi connectivity index (χ2v) is 7.92. The van der Waals surface area contributed by atoms with Gasteiger partial charge >= 0.3 is 0 Å². The average Bonchev–Trinajstić information content (AvgIpc) is 3.10. The van der Waals surface area contributed by atoms with Gasteiger partial charge in [0.05, 0.1) is 0 Å². The van der Waals surface area contributed by atoms with Crippen LogP contribution in [0.4, 0.5) is 0 Å². The highest BCUT2D eigenvalue weighted by molar-refractivity contribution is 6.10. The molecule has 2 heteroatoms. The molecular formula is C27H24NO+. The van der Waals surface area contributed by atoms with Crippen LogP contribution >= 0.6 is 0 Å². The highest BCUT2D eigenvalue weighted by atomic mass is 16.3. The van der Waals surface area contributed by atoms with Crippen molar-refractivity contribution in [2.45, 2.75) is 20.8 Å². The van der Waals surface area contributed by atoms with Gasteiger partial charge in [-0.05, 0) is 38.0 Å². The molecule has 0 spiro atoms. The molecule has 2 heterocycles. The normalized spacial score (nSPS) is 11.4. The van der Waals surface area contributed by atoms with Crippen molar-refractivity contribution >= 4 is 21.9 Å². The van der Waals surface area contributed by atoms with Crippen LogP contribution in [0.3, 0.4) is 0 Å². The van der Waals surface area contributed by atoms with Crippen LogP contribution in [0.2, 0.25) is 0 Å². The zero-order valence-electron chi connectivity index (χ0n) is 17.3. The number of aryl methyl sites for hydroxylation is 4. The highest BCUT2D eigenvalue weighted by Crippen LogP contribution is 2.38. The van der Waals surface area contributed by atoms with Crippen molar-refractivity contribution in [2.75, 3.05) is 0 Å². The van der Waals surface area contributed by atoms with Crippen LogP contribution in [0.5, 0.6) is 0 Å². The molecule has 0 radical (unpaired) electrons. The molecule has 0 saturated carbocycles. The summed E-state index contributed by atoms with van der Waals surface area (Å²) in [6.07, 6.45) is 2.21. The molecule has 0 atom stereocenters. The third kappa shape index (κ3) is 2.75. The van der Waals surface area contributed by atoms with Crippen molar-refractivity contribution in [2.24, 2.45) is 7.05 Å². The number of rotatable bonds is 2. The first-order valence-electron chi connectivity index (χ1n) is 10.0. The van der Waals surface area contributed by atoms with E-state index in [1.54, 1.807) is 0 Å². The Bertz CT molecular complexity index is 1390. The molecule has 5 aromatic rings. The number of para-hydroxylation sites is 2. The maximum Gasteiger partial charge on any atom is 0.213 e. The molecule has 0 bridgehead atoms. The second-order valence-electron chi connectivity index (χ2n) is 7.92. The lowest BCUT2D eigenvalue weighted by Crippen LogP contribution is -2.31. The lowest BCUT2D eigenvalue weighted by Gasteiger charge is -2.10. The topological polar surface area (TPSA) is 17.0 Å². The molecule has 0 unspecified atom stereocenters. The van der Waals surface area contributed by atoms with E-state index in [4.69, 9.17) is 4.42 Å². The van der Waals surface area contributed by atoms with Gasteiger partial charge in [-0.25, -0.2) is 4.57 Å². The predicted octanol–water partition coefficient (Wildman–Crippen LogP) is 6.67. The monoisotopic (exact) mass is 378 g/mol. The van der Waals surface area contributed by atoms with Crippen LogP contribution < -0.4 is 4.57 Å². The van der Waals surface area contributed by atoms with Gasteiger partial charge in [-0.15, -0.1) is 0 Å². The first-order chi connectivity index (χ1) is 14.0. The number of furan rings is 1. The van der Waals surface area contributed by atoms with Gasteiger partial charge in [0.25, 0.3) is 0 Å². The fraction of sp³-hybridized carbons (Fsp3) is 0.148. The van der Waals surface area contributed by atoms with Gasteiger partial charge in [0.2, 0.25) is 5.69 Å². The van der Waals surface area contributed by atoms with E-state index in [9.17, 15) is 0 Å². The smallest absolute Gasteiger partial charge is 0.213 e. The van der Waals surface area contributed by atoms with Crippen LogP contribution in [0, 0.1) is 20.8 Å². The molecule has 0 aliphatic heterocycles. The summed E-state index contributed by atoms with van der Waals surface area (Å²) in [5.74, 6) is 0. The van der Waals surface area contributed by atoms with E-state index in [0.717, 1.165) is 16.7 Å². The third-order valence-electron chi connectivity index (χ3n) is 5.91. The SMILES string of the molecule is Cc1c[n+](C)c(-c2ccccc2C)cc1-c1cccc2c1oc1c(C)cccc12. The zero-order valence-corrected chi connectivity index (χ0v) is 17.3. The van der Waals surface area contributed by atoms with Crippen molar-refractivity contribution in [1.29, 1.82) is 0 Å². The first kappa shape index (κ1) is 17.7. The predicted molar refractivity (Wildman–Crippen MR) is 120 cm³/mol. The zero-order chi connectivity index (χ0) is 20.1. The summed E-state index contributed by atoms with van der Waals surface area (Å²) in [4.78, 5) is 0. The Morgan fingerprint density at radius 3 is 2.07 bits per heavy atom. The second kappa shape index (κ2) is 6.59. The van der Waals surface area contributed by atoms with Crippen LogP contribution in [0.25, 0.3) is 44.3 Å². The van der Waals surface area contributed by atoms with Gasteiger partial charge in [0, 0.05) is 39.1 Å². The summed E-state index contributed by atoms with van der Waals surface area (Å²) in [6, 6.07) is 23.7. The molecule has 0 N–H and O–H groups in total. The Hall–Kier alpha value is -3.39. The van der Waals surface area contributed by atoms with Crippen molar-refractivity contribution in [1.82, 2.24) is 0 Å². The van der Waals surface area contributed by atoms with Gasteiger partial charge in [0.1, 0.15) is 18.2 Å². The van der Waals surface area contributed by atoms with E-state index in [2.05, 4.69) is 105 Å². The summed E-state index contributed by atoms with van der Waals surface area (Å²) >= 11 is 0. The molecule has 0 fully saturated rings. The number of hydrogen-bond donors (Lipinski definition) is 0. The Kier molecular flexibility index (Phi) is 4.02. The number of nitrogens with zero attached hydrogens (tertiary/aromatic N) is 1. The van der Waals surface area contributed by atoms with E-state index < -0.39 is 0 Å². The lowest BCUT2D eigenvalue weighted by atomic mass is 9.96. The minimum atomic E-state index is 0.962. The fourth-order valence-corrected chi connectivity index (χ4v) is 4.37. The molecule has 5 rings (SSSR count). The number of hydrogen-bond acceptors (Lipinski definition) is 1. The van der Waals surface area contributed by atoms with E-state index in [-0.39, 0.29) is 0 Å². The van der Waals surface area contributed by atoms with Gasteiger partial charge in [-0.2, -0.15) is 0 Å².